The molecular formula is C18H17N3O3. The van der Waals surface area contributed by atoms with E-state index in [1.807, 2.05) is 6.92 Å². The van der Waals surface area contributed by atoms with Gasteiger partial charge in [0.15, 0.2) is 0 Å². The second-order valence-electron chi connectivity index (χ2n) is 5.70. The van der Waals surface area contributed by atoms with Gasteiger partial charge in [-0.3, -0.25) is 9.59 Å². The zero-order chi connectivity index (χ0) is 17.4. The fourth-order valence-corrected chi connectivity index (χ4v) is 2.65. The lowest BCUT2D eigenvalue weighted by Gasteiger charge is -2.11. The first kappa shape index (κ1) is 15.6. The first-order chi connectivity index (χ1) is 11.4. The Kier molecular flexibility index (Phi) is 3.73. The monoisotopic (exact) mass is 323 g/mol. The number of pyridine rings is 1. The minimum Gasteiger partial charge on any atom is -0.506 e. The lowest BCUT2D eigenvalue weighted by atomic mass is 10.1. The predicted molar refractivity (Wildman–Crippen MR) is 94.4 cm³/mol. The van der Waals surface area contributed by atoms with Gasteiger partial charge in [0.05, 0.1) is 16.6 Å². The van der Waals surface area contributed by atoms with Crippen LogP contribution in [-0.4, -0.2) is 15.6 Å². The summed E-state index contributed by atoms with van der Waals surface area (Å²) in [5, 5.41) is 12.8. The molecule has 2 aromatic carbocycles. The fourth-order valence-electron chi connectivity index (χ4n) is 2.65. The molecule has 0 aliphatic heterocycles. The van der Waals surface area contributed by atoms with Crippen LogP contribution in [0.5, 0.6) is 5.75 Å². The number of anilines is 2. The molecule has 3 rings (SSSR count). The van der Waals surface area contributed by atoms with Crippen LogP contribution in [0.4, 0.5) is 11.4 Å². The highest BCUT2D eigenvalue weighted by molar-refractivity contribution is 6.07. The maximum Gasteiger partial charge on any atom is 0.261 e. The molecule has 0 radical (unpaired) electrons. The normalized spacial score (nSPS) is 10.8. The Balaban J connectivity index is 2.09. The van der Waals surface area contributed by atoms with E-state index < -0.39 is 11.3 Å². The number of aryl methyl sites for hydroxylation is 2. The number of aromatic nitrogens is 1. The van der Waals surface area contributed by atoms with Gasteiger partial charge in [-0.2, -0.15) is 0 Å². The maximum absolute atomic E-state index is 12.7. The lowest BCUT2D eigenvalue weighted by Crippen LogP contribution is -2.24. The maximum atomic E-state index is 12.7. The summed E-state index contributed by atoms with van der Waals surface area (Å²) >= 11 is 0. The Hall–Kier alpha value is -3.28. The number of nitrogens with two attached hydrogens (primary N) is 1. The first-order valence-corrected chi connectivity index (χ1v) is 7.37. The fraction of sp³-hybridized carbons (Fsp3) is 0.111. The van der Waals surface area contributed by atoms with E-state index in [-0.39, 0.29) is 17.0 Å². The summed E-state index contributed by atoms with van der Waals surface area (Å²) < 4.78 is 1.68. The molecule has 0 aliphatic carbocycles. The molecule has 122 valence electrons. The number of carbonyl (C=O) groups excluding carboxylic acids is 1. The molecule has 0 atom stereocenters. The zero-order valence-corrected chi connectivity index (χ0v) is 13.3. The van der Waals surface area contributed by atoms with Crippen molar-refractivity contribution in [2.45, 2.75) is 6.92 Å². The Labute approximate surface area is 138 Å². The molecule has 0 saturated carbocycles. The van der Waals surface area contributed by atoms with Crippen molar-refractivity contribution in [3.8, 4) is 5.75 Å². The first-order valence-electron chi connectivity index (χ1n) is 7.37. The summed E-state index contributed by atoms with van der Waals surface area (Å²) in [6, 6.07) is 10.0. The number of hydrogen-bond donors (Lipinski definition) is 3. The highest BCUT2D eigenvalue weighted by Gasteiger charge is 2.17. The lowest BCUT2D eigenvalue weighted by molar-refractivity contribution is 0.102. The Bertz CT molecular complexity index is 1020. The molecule has 0 fully saturated rings. The van der Waals surface area contributed by atoms with Gasteiger partial charge in [-0.25, -0.2) is 0 Å². The van der Waals surface area contributed by atoms with Crippen molar-refractivity contribution in [3.63, 3.8) is 0 Å². The van der Waals surface area contributed by atoms with Crippen molar-refractivity contribution in [2.24, 2.45) is 7.05 Å². The van der Waals surface area contributed by atoms with E-state index in [9.17, 15) is 14.7 Å². The van der Waals surface area contributed by atoms with Gasteiger partial charge in [0.1, 0.15) is 11.3 Å². The third-order valence-electron chi connectivity index (χ3n) is 3.90. The van der Waals surface area contributed by atoms with Crippen LogP contribution in [0, 0.1) is 6.92 Å². The highest BCUT2D eigenvalue weighted by atomic mass is 16.3. The number of amides is 1. The molecule has 24 heavy (non-hydrogen) atoms. The minimum absolute atomic E-state index is 0.0390. The van der Waals surface area contributed by atoms with E-state index in [1.165, 1.54) is 12.3 Å². The molecule has 0 spiro atoms. The predicted octanol–water partition coefficient (Wildman–Crippen LogP) is 2.39. The number of nitrogens with one attached hydrogen (secondary N) is 1. The van der Waals surface area contributed by atoms with Crippen molar-refractivity contribution in [1.29, 1.82) is 0 Å². The number of phenols is 1. The van der Waals surface area contributed by atoms with Crippen LogP contribution < -0.4 is 16.5 Å². The molecule has 0 bridgehead atoms. The SMILES string of the molecule is Cc1ccc(NC(=O)c2cn(C)c3cccc(N)c3c2=O)c(O)c1. The number of nitrogen functional groups attached to an aromatic ring is 1. The smallest absolute Gasteiger partial charge is 0.261 e. The van der Waals surface area contributed by atoms with Gasteiger partial charge in [0.25, 0.3) is 5.91 Å². The van der Waals surface area contributed by atoms with Crippen LogP contribution in [0.25, 0.3) is 10.9 Å². The van der Waals surface area contributed by atoms with Gasteiger partial charge >= 0.3 is 0 Å². The molecule has 3 aromatic rings. The molecule has 1 heterocycles. The van der Waals surface area contributed by atoms with Crippen molar-refractivity contribution in [1.82, 2.24) is 4.57 Å². The van der Waals surface area contributed by atoms with Gasteiger partial charge < -0.3 is 20.7 Å². The van der Waals surface area contributed by atoms with Crippen LogP contribution in [0.3, 0.4) is 0 Å². The van der Waals surface area contributed by atoms with Gasteiger partial charge in [-0.15, -0.1) is 0 Å². The van der Waals surface area contributed by atoms with Crippen molar-refractivity contribution in [2.75, 3.05) is 11.1 Å². The zero-order valence-electron chi connectivity index (χ0n) is 13.3. The summed E-state index contributed by atoms with van der Waals surface area (Å²) in [5.41, 5.74) is 7.50. The quantitative estimate of drug-likeness (QED) is 0.498. The highest BCUT2D eigenvalue weighted by Crippen LogP contribution is 2.24. The number of fused-ring (bicyclic) bond motifs is 1. The van der Waals surface area contributed by atoms with Crippen LogP contribution in [0.2, 0.25) is 0 Å². The summed E-state index contributed by atoms with van der Waals surface area (Å²) in [4.78, 5) is 25.2. The Morgan fingerprint density at radius 3 is 2.71 bits per heavy atom. The summed E-state index contributed by atoms with van der Waals surface area (Å²) in [5.74, 6) is -0.652. The molecule has 0 saturated heterocycles. The van der Waals surface area contributed by atoms with Crippen molar-refractivity contribution >= 4 is 28.2 Å². The molecule has 6 nitrogen and oxygen atoms in total. The Morgan fingerprint density at radius 1 is 1.25 bits per heavy atom. The summed E-state index contributed by atoms with van der Waals surface area (Å²) in [6.07, 6.45) is 1.46. The number of aromatic hydroxyl groups is 1. The molecule has 0 aliphatic rings. The van der Waals surface area contributed by atoms with Crippen LogP contribution in [0.15, 0.2) is 47.4 Å². The molecule has 1 amide bonds. The largest absolute Gasteiger partial charge is 0.506 e. The average Bonchev–Trinajstić information content (AvgIpc) is 2.53. The number of nitrogens with zero attached hydrogens (tertiary/aromatic N) is 1. The number of phenolic OH excluding ortho intramolecular Hbond substituents is 1. The number of rotatable bonds is 2. The molecular weight excluding hydrogens is 306 g/mol. The molecule has 4 N–H and O–H groups in total. The topological polar surface area (TPSA) is 97.4 Å². The van der Waals surface area contributed by atoms with Gasteiger partial charge in [-0.05, 0) is 36.8 Å². The summed E-state index contributed by atoms with van der Waals surface area (Å²) in [6.45, 7) is 1.83. The standard InChI is InChI=1S/C18H17N3O3/c1-10-6-7-13(15(22)8-10)20-18(24)11-9-21(2)14-5-3-4-12(19)16(14)17(11)23/h3-9,22H,19H2,1-2H3,(H,20,24). The number of hydrogen-bond acceptors (Lipinski definition) is 4. The Morgan fingerprint density at radius 2 is 2.00 bits per heavy atom. The van der Waals surface area contributed by atoms with E-state index in [1.54, 1.807) is 41.9 Å². The van der Waals surface area contributed by atoms with E-state index in [0.29, 0.717) is 16.6 Å². The van der Waals surface area contributed by atoms with Gasteiger partial charge in [-0.1, -0.05) is 12.1 Å². The van der Waals surface area contributed by atoms with E-state index in [4.69, 9.17) is 5.73 Å². The van der Waals surface area contributed by atoms with Crippen LogP contribution in [-0.2, 0) is 7.05 Å². The third kappa shape index (κ3) is 2.58. The molecule has 0 unspecified atom stereocenters. The average molecular weight is 323 g/mol. The van der Waals surface area contributed by atoms with Crippen LogP contribution >= 0.6 is 0 Å². The summed E-state index contributed by atoms with van der Waals surface area (Å²) in [7, 11) is 1.74. The van der Waals surface area contributed by atoms with Gasteiger partial charge in [0.2, 0.25) is 5.43 Å². The minimum atomic E-state index is -0.597. The van der Waals surface area contributed by atoms with Crippen molar-refractivity contribution in [3.05, 3.63) is 63.9 Å². The van der Waals surface area contributed by atoms with Gasteiger partial charge in [0, 0.05) is 18.9 Å². The van der Waals surface area contributed by atoms with E-state index in [0.717, 1.165) is 5.56 Å². The van der Waals surface area contributed by atoms with Crippen molar-refractivity contribution < 1.29 is 9.90 Å². The second-order valence-corrected chi connectivity index (χ2v) is 5.70. The van der Waals surface area contributed by atoms with E-state index in [2.05, 4.69) is 5.32 Å². The molecule has 1 aromatic heterocycles. The third-order valence-corrected chi connectivity index (χ3v) is 3.90. The number of carbonyl (C=O) groups is 1. The van der Waals surface area contributed by atoms with Crippen LogP contribution in [0.1, 0.15) is 15.9 Å². The second kappa shape index (κ2) is 5.73. The van der Waals surface area contributed by atoms with E-state index >= 15 is 0 Å². The molecule has 6 heteroatoms. The number of benzene rings is 2.